The maximum Gasteiger partial charge on any atom is 0.241 e. The third kappa shape index (κ3) is 7.53. The van der Waals surface area contributed by atoms with Crippen LogP contribution < -0.4 is 15.4 Å². The van der Waals surface area contributed by atoms with Crippen molar-refractivity contribution in [3.8, 4) is 0 Å². The summed E-state index contributed by atoms with van der Waals surface area (Å²) in [6.45, 7) is 9.01. The van der Waals surface area contributed by atoms with Crippen molar-refractivity contribution in [3.05, 3.63) is 24.3 Å². The highest BCUT2D eigenvalue weighted by molar-refractivity contribution is 7.89. The molecule has 1 rings (SSSR count). The van der Waals surface area contributed by atoms with E-state index in [1.807, 2.05) is 6.92 Å². The SMILES string of the molecule is CC(=O)Nc1ccc(S(=O)(=O)N[C@@H](C)C(=O)N[C@@H](C)CCC(C)C)cc1. The molecular weight excluding hydrogens is 354 g/mol. The Labute approximate surface area is 156 Å². The number of hydrogen-bond donors (Lipinski definition) is 3. The van der Waals surface area contributed by atoms with Crippen LogP contribution in [0.5, 0.6) is 0 Å². The first-order valence-corrected chi connectivity index (χ1v) is 10.2. The molecule has 26 heavy (non-hydrogen) atoms. The van der Waals surface area contributed by atoms with Crippen molar-refractivity contribution in [1.29, 1.82) is 0 Å². The zero-order chi connectivity index (χ0) is 19.9. The van der Waals surface area contributed by atoms with Gasteiger partial charge in [-0.3, -0.25) is 9.59 Å². The molecule has 0 aliphatic rings. The van der Waals surface area contributed by atoms with E-state index in [2.05, 4.69) is 29.2 Å². The maximum absolute atomic E-state index is 12.4. The zero-order valence-corrected chi connectivity index (χ0v) is 16.8. The van der Waals surface area contributed by atoms with Crippen LogP contribution in [0.25, 0.3) is 0 Å². The molecule has 1 aromatic carbocycles. The van der Waals surface area contributed by atoms with Crippen LogP contribution in [0.15, 0.2) is 29.2 Å². The molecule has 0 bridgehead atoms. The molecule has 2 atom stereocenters. The van der Waals surface area contributed by atoms with Gasteiger partial charge < -0.3 is 10.6 Å². The van der Waals surface area contributed by atoms with Crippen molar-refractivity contribution in [2.45, 2.75) is 64.4 Å². The van der Waals surface area contributed by atoms with E-state index in [0.29, 0.717) is 11.6 Å². The van der Waals surface area contributed by atoms with Crippen LogP contribution in [-0.4, -0.2) is 32.3 Å². The molecule has 1 aromatic rings. The lowest BCUT2D eigenvalue weighted by Gasteiger charge is -2.19. The Balaban J connectivity index is 2.67. The topological polar surface area (TPSA) is 104 Å². The van der Waals surface area contributed by atoms with E-state index in [9.17, 15) is 18.0 Å². The highest BCUT2D eigenvalue weighted by atomic mass is 32.2. The Morgan fingerprint density at radius 1 is 1.00 bits per heavy atom. The summed E-state index contributed by atoms with van der Waals surface area (Å²) in [4.78, 5) is 23.2. The van der Waals surface area contributed by atoms with Gasteiger partial charge in [0.25, 0.3) is 0 Å². The Morgan fingerprint density at radius 3 is 2.08 bits per heavy atom. The average molecular weight is 384 g/mol. The standard InChI is InChI=1S/C18H29N3O4S/c1-12(2)6-7-13(3)19-18(23)14(4)21-26(24,25)17-10-8-16(9-11-17)20-15(5)22/h8-14,21H,6-7H2,1-5H3,(H,19,23)(H,20,22)/t13-,14-/m0/s1. The first-order chi connectivity index (χ1) is 12.0. The van der Waals surface area contributed by atoms with Crippen molar-refractivity contribution in [2.75, 3.05) is 5.32 Å². The Hall–Kier alpha value is -1.93. The molecule has 0 radical (unpaired) electrons. The summed E-state index contributed by atoms with van der Waals surface area (Å²) in [5.74, 6) is -0.0546. The third-order valence-corrected chi connectivity index (χ3v) is 5.33. The van der Waals surface area contributed by atoms with Crippen LogP contribution in [0, 0.1) is 5.92 Å². The van der Waals surface area contributed by atoms with E-state index in [1.54, 1.807) is 0 Å². The molecule has 0 saturated carbocycles. The lowest BCUT2D eigenvalue weighted by atomic mass is 10.0. The fraction of sp³-hybridized carbons (Fsp3) is 0.556. The molecule has 0 aliphatic carbocycles. The van der Waals surface area contributed by atoms with Gasteiger partial charge in [-0.25, -0.2) is 8.42 Å². The van der Waals surface area contributed by atoms with Crippen LogP contribution in [0.1, 0.15) is 47.5 Å². The minimum atomic E-state index is -3.83. The summed E-state index contributed by atoms with van der Waals surface area (Å²) in [5.41, 5.74) is 0.501. The number of sulfonamides is 1. The van der Waals surface area contributed by atoms with Gasteiger partial charge in [0.2, 0.25) is 21.8 Å². The maximum atomic E-state index is 12.4. The van der Waals surface area contributed by atoms with Gasteiger partial charge in [-0.15, -0.1) is 0 Å². The second kappa shape index (κ2) is 9.68. The molecular formula is C18H29N3O4S. The molecule has 0 aromatic heterocycles. The van der Waals surface area contributed by atoms with Gasteiger partial charge in [-0.05, 0) is 56.9 Å². The molecule has 0 unspecified atom stereocenters. The van der Waals surface area contributed by atoms with Crippen LogP contribution >= 0.6 is 0 Å². The van der Waals surface area contributed by atoms with Crippen LogP contribution in [0.2, 0.25) is 0 Å². The second-order valence-electron chi connectivity index (χ2n) is 6.93. The molecule has 0 spiro atoms. The Kier molecular flexibility index (Phi) is 8.23. The highest BCUT2D eigenvalue weighted by Crippen LogP contribution is 2.14. The number of benzene rings is 1. The first-order valence-electron chi connectivity index (χ1n) is 8.71. The molecule has 2 amide bonds. The lowest BCUT2D eigenvalue weighted by molar-refractivity contribution is -0.123. The monoisotopic (exact) mass is 383 g/mol. The van der Waals surface area contributed by atoms with Crippen LogP contribution in [0.4, 0.5) is 5.69 Å². The number of carbonyl (C=O) groups is 2. The number of rotatable bonds is 9. The van der Waals surface area contributed by atoms with Gasteiger partial charge in [0.1, 0.15) is 0 Å². The van der Waals surface area contributed by atoms with Gasteiger partial charge in [-0.1, -0.05) is 13.8 Å². The second-order valence-corrected chi connectivity index (χ2v) is 8.64. The smallest absolute Gasteiger partial charge is 0.241 e. The summed E-state index contributed by atoms with van der Waals surface area (Å²) in [5, 5.41) is 5.39. The summed E-state index contributed by atoms with van der Waals surface area (Å²) >= 11 is 0. The van der Waals surface area contributed by atoms with Crippen LogP contribution in [-0.2, 0) is 19.6 Å². The summed E-state index contributed by atoms with van der Waals surface area (Å²) in [6, 6.07) is 4.83. The molecule has 7 nitrogen and oxygen atoms in total. The molecule has 0 aliphatic heterocycles. The third-order valence-electron chi connectivity index (χ3n) is 3.78. The highest BCUT2D eigenvalue weighted by Gasteiger charge is 2.23. The predicted molar refractivity (Wildman–Crippen MR) is 102 cm³/mol. The quantitative estimate of drug-likeness (QED) is 0.608. The predicted octanol–water partition coefficient (Wildman–Crippen LogP) is 2.25. The molecule has 0 saturated heterocycles. The normalized spacial score (nSPS) is 13.9. The lowest BCUT2D eigenvalue weighted by Crippen LogP contribution is -2.47. The summed E-state index contributed by atoms with van der Waals surface area (Å²) in [6.07, 6.45) is 1.83. The fourth-order valence-electron chi connectivity index (χ4n) is 2.30. The van der Waals surface area contributed by atoms with Gasteiger partial charge in [0.15, 0.2) is 0 Å². The molecule has 146 valence electrons. The Morgan fingerprint density at radius 2 is 1.58 bits per heavy atom. The Bertz CT molecular complexity index is 714. The van der Waals surface area contributed by atoms with Crippen molar-refractivity contribution in [2.24, 2.45) is 5.92 Å². The summed E-state index contributed by atoms with van der Waals surface area (Å²) < 4.78 is 27.2. The minimum absolute atomic E-state index is 0.0196. The average Bonchev–Trinajstić information content (AvgIpc) is 2.52. The number of anilines is 1. The van der Waals surface area contributed by atoms with E-state index in [0.717, 1.165) is 12.8 Å². The first kappa shape index (κ1) is 22.1. The number of hydrogen-bond acceptors (Lipinski definition) is 4. The summed E-state index contributed by atoms with van der Waals surface area (Å²) in [7, 11) is -3.83. The minimum Gasteiger partial charge on any atom is -0.352 e. The van der Waals surface area contributed by atoms with Crippen molar-refractivity contribution in [1.82, 2.24) is 10.0 Å². The van der Waals surface area contributed by atoms with Crippen LogP contribution in [0.3, 0.4) is 0 Å². The largest absolute Gasteiger partial charge is 0.352 e. The van der Waals surface area contributed by atoms with E-state index in [-0.39, 0.29) is 22.8 Å². The van der Waals surface area contributed by atoms with Gasteiger partial charge in [-0.2, -0.15) is 4.72 Å². The number of carbonyl (C=O) groups excluding carboxylic acids is 2. The van der Waals surface area contributed by atoms with Crippen molar-refractivity contribution >= 4 is 27.5 Å². The van der Waals surface area contributed by atoms with E-state index in [1.165, 1.54) is 38.1 Å². The van der Waals surface area contributed by atoms with Gasteiger partial charge in [0.05, 0.1) is 10.9 Å². The molecule has 0 heterocycles. The van der Waals surface area contributed by atoms with Gasteiger partial charge >= 0.3 is 0 Å². The molecule has 0 fully saturated rings. The van der Waals surface area contributed by atoms with E-state index < -0.39 is 16.1 Å². The van der Waals surface area contributed by atoms with Crippen molar-refractivity contribution < 1.29 is 18.0 Å². The fourth-order valence-corrected chi connectivity index (χ4v) is 3.50. The number of amides is 2. The van der Waals surface area contributed by atoms with E-state index >= 15 is 0 Å². The number of nitrogens with one attached hydrogen (secondary N) is 3. The molecule has 3 N–H and O–H groups in total. The van der Waals surface area contributed by atoms with Gasteiger partial charge in [0, 0.05) is 18.7 Å². The zero-order valence-electron chi connectivity index (χ0n) is 16.0. The van der Waals surface area contributed by atoms with Crippen molar-refractivity contribution in [3.63, 3.8) is 0 Å². The molecule has 8 heteroatoms. The van der Waals surface area contributed by atoms with E-state index in [4.69, 9.17) is 0 Å².